The van der Waals surface area contributed by atoms with Gasteiger partial charge in [-0.05, 0) is 56.9 Å². The highest BCUT2D eigenvalue weighted by Gasteiger charge is 2.20. The quantitative estimate of drug-likeness (QED) is 0.797. The van der Waals surface area contributed by atoms with Crippen molar-refractivity contribution < 1.29 is 14.6 Å². The molecule has 0 aliphatic rings. The molecule has 0 bridgehead atoms. The van der Waals surface area contributed by atoms with Gasteiger partial charge in [-0.15, -0.1) is 11.3 Å². The van der Waals surface area contributed by atoms with E-state index in [4.69, 9.17) is 4.74 Å². The first-order chi connectivity index (χ1) is 12.1. The Morgan fingerprint density at radius 1 is 1.23 bits per heavy atom. The molecule has 1 heterocycles. The predicted molar refractivity (Wildman–Crippen MR) is 106 cm³/mol. The van der Waals surface area contributed by atoms with Crippen molar-refractivity contribution in [3.05, 3.63) is 33.6 Å². The molecule has 26 heavy (non-hydrogen) atoms. The maximum atomic E-state index is 12.1. The minimum absolute atomic E-state index is 0.361. The summed E-state index contributed by atoms with van der Waals surface area (Å²) in [6.45, 7) is 10.0. The number of hydrogen-bond acceptors (Lipinski definition) is 5. The van der Waals surface area contributed by atoms with Gasteiger partial charge < -0.3 is 14.7 Å². The predicted octanol–water partition coefficient (Wildman–Crippen LogP) is 5.01. The number of ether oxygens (including phenoxy) is 1. The minimum atomic E-state index is -0.515. The van der Waals surface area contributed by atoms with Crippen molar-refractivity contribution in [2.24, 2.45) is 0 Å². The lowest BCUT2D eigenvalue weighted by Crippen LogP contribution is -2.33. The summed E-state index contributed by atoms with van der Waals surface area (Å²) in [5.41, 5.74) is 3.21. The Kier molecular flexibility index (Phi) is 6.29. The van der Waals surface area contributed by atoms with Crippen LogP contribution in [0.25, 0.3) is 11.3 Å². The highest BCUT2D eigenvalue weighted by molar-refractivity contribution is 7.09. The van der Waals surface area contributed by atoms with E-state index in [9.17, 15) is 9.90 Å². The van der Waals surface area contributed by atoms with Gasteiger partial charge in [-0.3, -0.25) is 0 Å². The van der Waals surface area contributed by atoms with E-state index in [-0.39, 0.29) is 6.09 Å². The summed E-state index contributed by atoms with van der Waals surface area (Å²) >= 11 is 1.52. The number of phenols is 1. The van der Waals surface area contributed by atoms with E-state index in [0.29, 0.717) is 12.3 Å². The third-order valence-electron chi connectivity index (χ3n) is 3.95. The highest BCUT2D eigenvalue weighted by Crippen LogP contribution is 2.31. The molecule has 0 fully saturated rings. The summed E-state index contributed by atoms with van der Waals surface area (Å²) < 4.78 is 5.37. The lowest BCUT2D eigenvalue weighted by Gasteiger charge is -2.24. The van der Waals surface area contributed by atoms with Gasteiger partial charge in [0.1, 0.15) is 16.4 Å². The number of rotatable bonds is 5. The third kappa shape index (κ3) is 4.97. The van der Waals surface area contributed by atoms with Gasteiger partial charge in [-0.25, -0.2) is 9.78 Å². The molecule has 2 rings (SSSR count). The second-order valence-corrected chi connectivity index (χ2v) is 8.26. The summed E-state index contributed by atoms with van der Waals surface area (Å²) in [6.07, 6.45) is 1.18. The normalized spacial score (nSPS) is 11.5. The van der Waals surface area contributed by atoms with Crippen molar-refractivity contribution in [1.82, 2.24) is 9.88 Å². The Labute approximate surface area is 159 Å². The fraction of sp³-hybridized carbons (Fsp3) is 0.500. The summed E-state index contributed by atoms with van der Waals surface area (Å²) in [5, 5.41) is 13.1. The van der Waals surface area contributed by atoms with E-state index in [0.717, 1.165) is 40.2 Å². The Morgan fingerprint density at radius 3 is 2.31 bits per heavy atom. The van der Waals surface area contributed by atoms with Gasteiger partial charge >= 0.3 is 6.09 Å². The van der Waals surface area contributed by atoms with Gasteiger partial charge in [0.25, 0.3) is 0 Å². The molecule has 0 saturated carbocycles. The van der Waals surface area contributed by atoms with Gasteiger partial charge in [0.05, 0.1) is 12.2 Å². The molecule has 0 aliphatic heterocycles. The molecule has 1 amide bonds. The van der Waals surface area contributed by atoms with Crippen LogP contribution in [0.15, 0.2) is 17.5 Å². The lowest BCUT2D eigenvalue weighted by molar-refractivity contribution is 0.0285. The van der Waals surface area contributed by atoms with Crippen molar-refractivity contribution in [1.29, 1.82) is 0 Å². The number of aromatic nitrogens is 1. The molecule has 2 aromatic rings. The van der Waals surface area contributed by atoms with Crippen LogP contribution < -0.4 is 0 Å². The van der Waals surface area contributed by atoms with E-state index in [1.54, 1.807) is 7.05 Å². The van der Waals surface area contributed by atoms with Crippen molar-refractivity contribution in [2.75, 3.05) is 7.05 Å². The van der Waals surface area contributed by atoms with Gasteiger partial charge in [0, 0.05) is 18.0 Å². The van der Waals surface area contributed by atoms with Crippen LogP contribution in [0.1, 0.15) is 50.8 Å². The first-order valence-electron chi connectivity index (χ1n) is 8.88. The Hall–Kier alpha value is -2.08. The van der Waals surface area contributed by atoms with Crippen LogP contribution in [-0.4, -0.2) is 33.7 Å². The van der Waals surface area contributed by atoms with E-state index in [1.807, 2.05) is 52.1 Å². The van der Waals surface area contributed by atoms with Gasteiger partial charge in [0.2, 0.25) is 0 Å². The minimum Gasteiger partial charge on any atom is -0.507 e. The number of nitrogens with zero attached hydrogens (tertiary/aromatic N) is 2. The number of phenolic OH excluding ortho intramolecular Hbond substituents is 1. The smallest absolute Gasteiger partial charge is 0.410 e. The van der Waals surface area contributed by atoms with E-state index >= 15 is 0 Å². The van der Waals surface area contributed by atoms with E-state index in [2.05, 4.69) is 4.98 Å². The molecule has 6 heteroatoms. The molecule has 0 aliphatic carbocycles. The molecule has 0 saturated heterocycles. The second kappa shape index (κ2) is 8.08. The van der Waals surface area contributed by atoms with Gasteiger partial charge in [0.15, 0.2) is 0 Å². The van der Waals surface area contributed by atoms with Crippen LogP contribution in [0.5, 0.6) is 5.75 Å². The first-order valence-corrected chi connectivity index (χ1v) is 9.76. The van der Waals surface area contributed by atoms with Gasteiger partial charge in [-0.2, -0.15) is 0 Å². The number of aromatic hydroxyl groups is 1. The molecular formula is C20H28N2O3S. The Balaban J connectivity index is 2.19. The van der Waals surface area contributed by atoms with Crippen LogP contribution >= 0.6 is 11.3 Å². The number of carbonyl (C=O) groups is 1. The zero-order valence-electron chi connectivity index (χ0n) is 16.4. The van der Waals surface area contributed by atoms with Crippen molar-refractivity contribution in [3.8, 4) is 17.0 Å². The zero-order chi connectivity index (χ0) is 19.5. The summed E-state index contributed by atoms with van der Waals surface area (Å²) in [4.78, 5) is 18.3. The van der Waals surface area contributed by atoms with Crippen LogP contribution in [-0.2, 0) is 24.1 Å². The molecule has 0 radical (unpaired) electrons. The van der Waals surface area contributed by atoms with Crippen molar-refractivity contribution >= 4 is 17.4 Å². The van der Waals surface area contributed by atoms with Crippen LogP contribution in [0, 0.1) is 0 Å². The third-order valence-corrected chi connectivity index (χ3v) is 4.79. The van der Waals surface area contributed by atoms with Crippen LogP contribution in [0.4, 0.5) is 4.79 Å². The topological polar surface area (TPSA) is 62.7 Å². The molecule has 1 aromatic heterocycles. The molecule has 5 nitrogen and oxygen atoms in total. The van der Waals surface area contributed by atoms with E-state index in [1.165, 1.54) is 16.2 Å². The standard InChI is InChI=1S/C20H28N2O3S/c1-7-13-9-15(10-14(8-2)18(13)23)16-12-26-17(21-16)11-22(6)19(24)25-20(3,4)5/h9-10,12,23H,7-8,11H2,1-6H3. The second-order valence-electron chi connectivity index (χ2n) is 7.31. The Morgan fingerprint density at radius 2 is 1.81 bits per heavy atom. The summed E-state index contributed by atoms with van der Waals surface area (Å²) in [7, 11) is 1.71. The van der Waals surface area contributed by atoms with E-state index < -0.39 is 5.60 Å². The number of aryl methyl sites for hydroxylation is 2. The molecule has 0 atom stereocenters. The van der Waals surface area contributed by atoms with Gasteiger partial charge in [-0.1, -0.05) is 13.8 Å². The highest BCUT2D eigenvalue weighted by atomic mass is 32.1. The molecule has 0 unspecified atom stereocenters. The number of carbonyl (C=O) groups excluding carboxylic acids is 1. The SMILES string of the molecule is CCc1cc(-c2csc(CN(C)C(=O)OC(C)(C)C)n2)cc(CC)c1O. The molecule has 1 aromatic carbocycles. The van der Waals surface area contributed by atoms with Crippen molar-refractivity contribution in [2.45, 2.75) is 59.6 Å². The first kappa shape index (κ1) is 20.2. The monoisotopic (exact) mass is 376 g/mol. The molecule has 1 N–H and O–H groups in total. The largest absolute Gasteiger partial charge is 0.507 e. The fourth-order valence-electron chi connectivity index (χ4n) is 2.57. The average Bonchev–Trinajstić information content (AvgIpc) is 3.02. The maximum absolute atomic E-state index is 12.1. The number of thiazole rings is 1. The average molecular weight is 377 g/mol. The maximum Gasteiger partial charge on any atom is 0.410 e. The lowest BCUT2D eigenvalue weighted by atomic mass is 9.99. The molecule has 0 spiro atoms. The van der Waals surface area contributed by atoms with Crippen LogP contribution in [0.2, 0.25) is 0 Å². The van der Waals surface area contributed by atoms with Crippen molar-refractivity contribution in [3.63, 3.8) is 0 Å². The Bertz CT molecular complexity index is 753. The summed E-state index contributed by atoms with van der Waals surface area (Å²) in [6, 6.07) is 3.98. The number of amides is 1. The van der Waals surface area contributed by atoms with Crippen LogP contribution in [0.3, 0.4) is 0 Å². The number of benzene rings is 1. The molecular weight excluding hydrogens is 348 g/mol. The summed E-state index contributed by atoms with van der Waals surface area (Å²) in [5.74, 6) is 0.388. The zero-order valence-corrected chi connectivity index (χ0v) is 17.2. The molecule has 142 valence electrons. The number of hydrogen-bond donors (Lipinski definition) is 1. The fourth-order valence-corrected chi connectivity index (χ4v) is 3.43.